The molecule has 0 saturated heterocycles. The standard InChI is InChI=1S/C24H17F6NO3S/c1-13-6-8-18(9-7-13)35(33,34)31-21(19-5-3-4-14(2)20(19)22(31)32)15-10-16(23(25,26)27)12-17(11-15)24(28,29)30/h3-12,21H,1-2H3. The number of nitrogens with zero attached hydrogens (tertiary/aromatic N) is 1. The SMILES string of the molecule is Cc1ccc(S(=O)(=O)N2C(=O)c3c(C)cccc3C2c2cc(C(F)(F)F)cc(C(F)(F)F)c2)cc1. The van der Waals surface area contributed by atoms with Crippen LogP contribution in [0.4, 0.5) is 26.3 Å². The summed E-state index contributed by atoms with van der Waals surface area (Å²) in [6.45, 7) is 3.20. The second-order valence-corrected chi connectivity index (χ2v) is 10.0. The van der Waals surface area contributed by atoms with E-state index in [0.717, 1.165) is 0 Å². The normalized spacial score (nSPS) is 16.5. The van der Waals surface area contributed by atoms with Crippen molar-refractivity contribution in [1.82, 2.24) is 4.31 Å². The van der Waals surface area contributed by atoms with Gasteiger partial charge in [0.15, 0.2) is 0 Å². The first kappa shape index (κ1) is 24.8. The maximum atomic E-state index is 13.5. The molecular formula is C24H17F6NO3S. The third-order valence-corrected chi connectivity index (χ3v) is 7.51. The molecule has 4 rings (SSSR count). The van der Waals surface area contributed by atoms with Crippen molar-refractivity contribution in [3.05, 3.63) is 99.6 Å². The Morgan fingerprint density at radius 1 is 0.800 bits per heavy atom. The molecule has 1 aliphatic rings. The zero-order valence-corrected chi connectivity index (χ0v) is 19.0. The Kier molecular flexibility index (Phi) is 5.74. The summed E-state index contributed by atoms with van der Waals surface area (Å²) in [5.41, 5.74) is -2.88. The first-order chi connectivity index (χ1) is 16.1. The van der Waals surface area contributed by atoms with E-state index in [2.05, 4.69) is 0 Å². The fourth-order valence-electron chi connectivity index (χ4n) is 4.09. The van der Waals surface area contributed by atoms with E-state index in [-0.39, 0.29) is 22.1 Å². The molecule has 11 heteroatoms. The number of hydrogen-bond donors (Lipinski definition) is 0. The number of hydrogen-bond acceptors (Lipinski definition) is 3. The molecule has 0 spiro atoms. The van der Waals surface area contributed by atoms with Crippen LogP contribution in [0.25, 0.3) is 0 Å². The van der Waals surface area contributed by atoms with Crippen LogP contribution in [-0.4, -0.2) is 18.6 Å². The number of fused-ring (bicyclic) bond motifs is 1. The molecule has 0 fully saturated rings. The van der Waals surface area contributed by atoms with E-state index in [4.69, 9.17) is 0 Å². The molecule has 0 aromatic heterocycles. The summed E-state index contributed by atoms with van der Waals surface area (Å²) in [6.07, 6.45) is -10.3. The summed E-state index contributed by atoms with van der Waals surface area (Å²) in [5, 5.41) is 0. The Labute approximate surface area is 196 Å². The second-order valence-electron chi connectivity index (χ2n) is 8.20. The zero-order valence-electron chi connectivity index (χ0n) is 18.2. The van der Waals surface area contributed by atoms with E-state index in [1.165, 1.54) is 49.4 Å². The second kappa shape index (κ2) is 8.11. The van der Waals surface area contributed by atoms with Crippen molar-refractivity contribution in [3.8, 4) is 0 Å². The number of aryl methyl sites for hydroxylation is 2. The van der Waals surface area contributed by atoms with Gasteiger partial charge in [-0.1, -0.05) is 35.9 Å². The maximum Gasteiger partial charge on any atom is 0.416 e. The Hall–Kier alpha value is -3.34. The van der Waals surface area contributed by atoms with Gasteiger partial charge in [0.05, 0.1) is 22.1 Å². The number of carbonyl (C=O) groups excluding carboxylic acids is 1. The molecule has 1 amide bonds. The van der Waals surface area contributed by atoms with Crippen LogP contribution in [0.5, 0.6) is 0 Å². The Bertz CT molecular complexity index is 1390. The number of benzene rings is 3. The quantitative estimate of drug-likeness (QED) is 0.388. The summed E-state index contributed by atoms with van der Waals surface area (Å²) >= 11 is 0. The molecule has 0 N–H and O–H groups in total. The first-order valence-electron chi connectivity index (χ1n) is 10.2. The van der Waals surface area contributed by atoms with Gasteiger partial charge in [-0.3, -0.25) is 4.79 Å². The summed E-state index contributed by atoms with van der Waals surface area (Å²) in [7, 11) is -4.66. The van der Waals surface area contributed by atoms with Gasteiger partial charge in [-0.05, 0) is 60.9 Å². The summed E-state index contributed by atoms with van der Waals surface area (Å²) in [4.78, 5) is 13.0. The summed E-state index contributed by atoms with van der Waals surface area (Å²) in [5.74, 6) is -1.03. The molecule has 1 aliphatic heterocycles. The highest BCUT2D eigenvalue weighted by Gasteiger charge is 2.47. The van der Waals surface area contributed by atoms with Gasteiger partial charge in [0.25, 0.3) is 15.9 Å². The third-order valence-electron chi connectivity index (χ3n) is 5.75. The van der Waals surface area contributed by atoms with Crippen LogP contribution in [-0.2, 0) is 22.4 Å². The lowest BCUT2D eigenvalue weighted by atomic mass is 9.93. The minimum atomic E-state index is -5.14. The first-order valence-corrected chi connectivity index (χ1v) is 11.6. The lowest BCUT2D eigenvalue weighted by Gasteiger charge is -2.26. The molecule has 1 unspecified atom stereocenters. The van der Waals surface area contributed by atoms with Crippen LogP contribution in [0.2, 0.25) is 0 Å². The van der Waals surface area contributed by atoms with Crippen molar-refractivity contribution in [3.63, 3.8) is 0 Å². The summed E-state index contributed by atoms with van der Waals surface area (Å²) in [6, 6.07) is 8.77. The molecule has 0 aliphatic carbocycles. The van der Waals surface area contributed by atoms with E-state index < -0.39 is 51.0 Å². The van der Waals surface area contributed by atoms with Crippen molar-refractivity contribution in [1.29, 1.82) is 0 Å². The lowest BCUT2D eigenvalue weighted by molar-refractivity contribution is -0.143. The molecule has 0 radical (unpaired) electrons. The van der Waals surface area contributed by atoms with Crippen LogP contribution in [0.1, 0.15) is 49.8 Å². The predicted molar refractivity (Wildman–Crippen MR) is 114 cm³/mol. The number of halogens is 6. The molecule has 35 heavy (non-hydrogen) atoms. The number of amides is 1. The Morgan fingerprint density at radius 3 is 1.86 bits per heavy atom. The minimum Gasteiger partial charge on any atom is -0.268 e. The molecule has 184 valence electrons. The smallest absolute Gasteiger partial charge is 0.268 e. The molecule has 1 heterocycles. The van der Waals surface area contributed by atoms with E-state index in [0.29, 0.717) is 27.6 Å². The van der Waals surface area contributed by atoms with E-state index in [1.54, 1.807) is 6.92 Å². The van der Waals surface area contributed by atoms with Crippen LogP contribution in [0.15, 0.2) is 65.6 Å². The van der Waals surface area contributed by atoms with Crippen LogP contribution in [0, 0.1) is 13.8 Å². The Morgan fingerprint density at radius 2 is 1.34 bits per heavy atom. The van der Waals surface area contributed by atoms with E-state index in [1.807, 2.05) is 0 Å². The molecule has 4 nitrogen and oxygen atoms in total. The number of sulfonamides is 1. The molecule has 0 bridgehead atoms. The van der Waals surface area contributed by atoms with Crippen molar-refractivity contribution < 1.29 is 39.6 Å². The lowest BCUT2D eigenvalue weighted by Crippen LogP contribution is -2.35. The van der Waals surface area contributed by atoms with Crippen molar-refractivity contribution >= 4 is 15.9 Å². The highest BCUT2D eigenvalue weighted by molar-refractivity contribution is 7.89. The molecule has 3 aromatic carbocycles. The summed E-state index contributed by atoms with van der Waals surface area (Å²) < 4.78 is 109. The highest BCUT2D eigenvalue weighted by atomic mass is 32.2. The monoisotopic (exact) mass is 513 g/mol. The topological polar surface area (TPSA) is 54.5 Å². The molecular weight excluding hydrogens is 496 g/mol. The highest BCUT2D eigenvalue weighted by Crippen LogP contribution is 2.46. The van der Waals surface area contributed by atoms with Gasteiger partial charge < -0.3 is 0 Å². The minimum absolute atomic E-state index is 0.00173. The van der Waals surface area contributed by atoms with Crippen molar-refractivity contribution in [2.24, 2.45) is 0 Å². The average Bonchev–Trinajstić information content (AvgIpc) is 3.07. The van der Waals surface area contributed by atoms with Crippen molar-refractivity contribution in [2.45, 2.75) is 37.1 Å². The maximum absolute atomic E-state index is 13.5. The van der Waals surface area contributed by atoms with Gasteiger partial charge in [-0.2, -0.15) is 26.3 Å². The molecule has 1 atom stereocenters. The van der Waals surface area contributed by atoms with E-state index >= 15 is 0 Å². The third kappa shape index (κ3) is 4.29. The zero-order chi connectivity index (χ0) is 25.9. The number of rotatable bonds is 3. The fraction of sp³-hybridized carbons (Fsp3) is 0.208. The fourth-order valence-corrected chi connectivity index (χ4v) is 5.62. The number of alkyl halides is 6. The Balaban J connectivity index is 2.02. The van der Waals surface area contributed by atoms with E-state index in [9.17, 15) is 39.6 Å². The van der Waals surface area contributed by atoms with Gasteiger partial charge in [0.1, 0.15) is 0 Å². The predicted octanol–water partition coefficient (Wildman–Crippen LogP) is 6.28. The van der Waals surface area contributed by atoms with Gasteiger partial charge in [0.2, 0.25) is 0 Å². The van der Waals surface area contributed by atoms with Crippen LogP contribution < -0.4 is 0 Å². The molecule has 3 aromatic rings. The van der Waals surface area contributed by atoms with Crippen LogP contribution >= 0.6 is 0 Å². The molecule has 0 saturated carbocycles. The average molecular weight is 513 g/mol. The van der Waals surface area contributed by atoms with Gasteiger partial charge in [-0.25, -0.2) is 12.7 Å². The van der Waals surface area contributed by atoms with Gasteiger partial charge in [-0.15, -0.1) is 0 Å². The largest absolute Gasteiger partial charge is 0.416 e. The van der Waals surface area contributed by atoms with Crippen molar-refractivity contribution in [2.75, 3.05) is 0 Å². The number of carbonyl (C=O) groups is 1. The van der Waals surface area contributed by atoms with Crippen LogP contribution in [0.3, 0.4) is 0 Å². The van der Waals surface area contributed by atoms with Gasteiger partial charge >= 0.3 is 12.4 Å². The van der Waals surface area contributed by atoms with Gasteiger partial charge in [0, 0.05) is 5.56 Å².